The van der Waals surface area contributed by atoms with Gasteiger partial charge < -0.3 is 15.3 Å². The molecule has 2 N–H and O–H groups in total. The van der Waals surface area contributed by atoms with Crippen LogP contribution in [0.5, 0.6) is 0 Å². The van der Waals surface area contributed by atoms with Gasteiger partial charge in [0.05, 0.1) is 0 Å². The van der Waals surface area contributed by atoms with Crippen LogP contribution in [0.2, 0.25) is 0 Å². The number of nitrogens with one attached hydrogen (secondary N) is 1. The summed E-state index contributed by atoms with van der Waals surface area (Å²) in [5.41, 5.74) is 1.19. The van der Waals surface area contributed by atoms with Crippen LogP contribution >= 0.6 is 11.3 Å². The van der Waals surface area contributed by atoms with Crippen LogP contribution in [0.4, 0.5) is 4.79 Å². The van der Waals surface area contributed by atoms with Gasteiger partial charge in [-0.15, -0.1) is 0 Å². The van der Waals surface area contributed by atoms with Gasteiger partial charge in [-0.3, -0.25) is 0 Å². The number of rotatable bonds is 4. The van der Waals surface area contributed by atoms with E-state index in [1.54, 1.807) is 11.3 Å². The fourth-order valence-electron chi connectivity index (χ4n) is 2.64. The largest absolute Gasteiger partial charge is 0.480 e. The fourth-order valence-corrected chi connectivity index (χ4v) is 3.35. The van der Waals surface area contributed by atoms with Gasteiger partial charge in [-0.05, 0) is 47.6 Å². The molecule has 0 radical (unpaired) electrons. The Labute approximate surface area is 122 Å². The number of aliphatic carboxylic acids is 1. The SMILES string of the molecule is CC1CCCN(C(=O)NCCc2ccsc2)C1C(=O)O. The number of likely N-dealkylation sites (tertiary alicyclic amines) is 1. The third kappa shape index (κ3) is 3.50. The van der Waals surface area contributed by atoms with Crippen molar-refractivity contribution >= 4 is 23.3 Å². The lowest BCUT2D eigenvalue weighted by molar-refractivity contribution is -0.145. The van der Waals surface area contributed by atoms with Gasteiger partial charge in [0.2, 0.25) is 0 Å². The summed E-state index contributed by atoms with van der Waals surface area (Å²) in [6.07, 6.45) is 2.49. The number of piperidine rings is 1. The third-order valence-electron chi connectivity index (χ3n) is 3.72. The van der Waals surface area contributed by atoms with E-state index in [9.17, 15) is 14.7 Å². The van der Waals surface area contributed by atoms with Crippen molar-refractivity contribution in [3.8, 4) is 0 Å². The molecule has 1 aliphatic rings. The fraction of sp³-hybridized carbons (Fsp3) is 0.571. The second kappa shape index (κ2) is 6.74. The number of carboxylic acid groups (broad SMARTS) is 1. The molecule has 5 nitrogen and oxygen atoms in total. The molecule has 1 fully saturated rings. The highest BCUT2D eigenvalue weighted by atomic mass is 32.1. The average Bonchev–Trinajstić information content (AvgIpc) is 2.91. The molecule has 0 spiro atoms. The number of amides is 2. The number of nitrogens with zero attached hydrogens (tertiary/aromatic N) is 1. The van der Waals surface area contributed by atoms with Gasteiger partial charge in [0.15, 0.2) is 0 Å². The Bertz CT molecular complexity index is 461. The maximum Gasteiger partial charge on any atom is 0.326 e. The van der Waals surface area contributed by atoms with Gasteiger partial charge in [0.25, 0.3) is 0 Å². The summed E-state index contributed by atoms with van der Waals surface area (Å²) in [5, 5.41) is 16.2. The Morgan fingerprint density at radius 3 is 3.00 bits per heavy atom. The summed E-state index contributed by atoms with van der Waals surface area (Å²) < 4.78 is 0. The van der Waals surface area contributed by atoms with Crippen LogP contribution in [0.15, 0.2) is 16.8 Å². The molecule has 2 heterocycles. The van der Waals surface area contributed by atoms with E-state index in [0.29, 0.717) is 13.1 Å². The summed E-state index contributed by atoms with van der Waals surface area (Å²) in [6, 6.07) is 1.06. The molecule has 0 aliphatic carbocycles. The van der Waals surface area contributed by atoms with Crippen molar-refractivity contribution in [2.45, 2.75) is 32.2 Å². The first-order valence-corrected chi connectivity index (χ1v) is 7.82. The highest BCUT2D eigenvalue weighted by Crippen LogP contribution is 2.23. The molecular formula is C14H20N2O3S. The predicted molar refractivity (Wildman–Crippen MR) is 77.9 cm³/mol. The van der Waals surface area contributed by atoms with E-state index in [2.05, 4.69) is 10.7 Å². The van der Waals surface area contributed by atoms with Gasteiger partial charge in [-0.1, -0.05) is 6.92 Å². The minimum absolute atomic E-state index is 0.00359. The molecular weight excluding hydrogens is 276 g/mol. The molecule has 2 unspecified atom stereocenters. The van der Waals surface area contributed by atoms with Crippen molar-refractivity contribution in [2.75, 3.05) is 13.1 Å². The zero-order valence-corrected chi connectivity index (χ0v) is 12.4. The average molecular weight is 296 g/mol. The summed E-state index contributed by atoms with van der Waals surface area (Å²) >= 11 is 1.63. The molecule has 2 atom stereocenters. The first kappa shape index (κ1) is 14.8. The quantitative estimate of drug-likeness (QED) is 0.894. The van der Waals surface area contributed by atoms with E-state index in [-0.39, 0.29) is 11.9 Å². The Morgan fingerprint density at radius 2 is 2.35 bits per heavy atom. The van der Waals surface area contributed by atoms with Crippen molar-refractivity contribution < 1.29 is 14.7 Å². The normalized spacial score (nSPS) is 22.6. The van der Waals surface area contributed by atoms with Crippen molar-refractivity contribution in [1.82, 2.24) is 10.2 Å². The maximum atomic E-state index is 12.1. The number of hydrogen-bond acceptors (Lipinski definition) is 3. The molecule has 1 saturated heterocycles. The van der Waals surface area contributed by atoms with Crippen LogP contribution in [0.25, 0.3) is 0 Å². The van der Waals surface area contributed by atoms with Crippen LogP contribution in [0, 0.1) is 5.92 Å². The minimum Gasteiger partial charge on any atom is -0.480 e. The van der Waals surface area contributed by atoms with Crippen molar-refractivity contribution in [2.24, 2.45) is 5.92 Å². The molecule has 2 amide bonds. The van der Waals surface area contributed by atoms with Crippen LogP contribution in [-0.4, -0.2) is 41.1 Å². The number of carboxylic acids is 1. The van der Waals surface area contributed by atoms with Crippen LogP contribution in [-0.2, 0) is 11.2 Å². The van der Waals surface area contributed by atoms with E-state index in [0.717, 1.165) is 19.3 Å². The minimum atomic E-state index is -0.912. The maximum absolute atomic E-state index is 12.1. The lowest BCUT2D eigenvalue weighted by atomic mass is 9.91. The number of carbonyl (C=O) groups is 2. The van der Waals surface area contributed by atoms with Crippen LogP contribution < -0.4 is 5.32 Å². The van der Waals surface area contributed by atoms with E-state index >= 15 is 0 Å². The van der Waals surface area contributed by atoms with Gasteiger partial charge >= 0.3 is 12.0 Å². The van der Waals surface area contributed by atoms with Crippen molar-refractivity contribution in [3.63, 3.8) is 0 Å². The van der Waals surface area contributed by atoms with Crippen molar-refractivity contribution in [3.05, 3.63) is 22.4 Å². The van der Waals surface area contributed by atoms with Crippen molar-refractivity contribution in [1.29, 1.82) is 0 Å². The predicted octanol–water partition coefficient (Wildman–Crippen LogP) is 2.19. The standard InChI is InChI=1S/C14H20N2O3S/c1-10-3-2-7-16(12(10)13(17)18)14(19)15-6-4-11-5-8-20-9-11/h5,8-10,12H,2-4,6-7H2,1H3,(H,15,19)(H,17,18). The summed E-state index contributed by atoms with van der Waals surface area (Å²) in [6.45, 7) is 2.95. The highest BCUT2D eigenvalue weighted by Gasteiger charge is 2.36. The number of carbonyl (C=O) groups excluding carboxylic acids is 1. The molecule has 110 valence electrons. The first-order valence-electron chi connectivity index (χ1n) is 6.88. The Morgan fingerprint density at radius 1 is 1.55 bits per heavy atom. The molecule has 1 aromatic heterocycles. The van der Waals surface area contributed by atoms with Crippen LogP contribution in [0.3, 0.4) is 0 Å². The van der Waals surface area contributed by atoms with Gasteiger partial charge in [0, 0.05) is 13.1 Å². The molecule has 0 bridgehead atoms. The smallest absolute Gasteiger partial charge is 0.326 e. The molecule has 0 saturated carbocycles. The molecule has 0 aromatic carbocycles. The first-order chi connectivity index (χ1) is 9.59. The number of hydrogen-bond donors (Lipinski definition) is 2. The number of urea groups is 1. The molecule has 1 aliphatic heterocycles. The lowest BCUT2D eigenvalue weighted by Gasteiger charge is -2.37. The van der Waals surface area contributed by atoms with Gasteiger partial charge in [0.1, 0.15) is 6.04 Å². The summed E-state index contributed by atoms with van der Waals surface area (Å²) in [7, 11) is 0. The van der Waals surface area contributed by atoms with Crippen LogP contribution in [0.1, 0.15) is 25.3 Å². The van der Waals surface area contributed by atoms with Gasteiger partial charge in [-0.2, -0.15) is 11.3 Å². The second-order valence-electron chi connectivity index (χ2n) is 5.21. The monoisotopic (exact) mass is 296 g/mol. The topological polar surface area (TPSA) is 69.6 Å². The lowest BCUT2D eigenvalue weighted by Crippen LogP contribution is -2.55. The van der Waals surface area contributed by atoms with Gasteiger partial charge in [-0.25, -0.2) is 9.59 Å². The van der Waals surface area contributed by atoms with E-state index in [1.165, 1.54) is 10.5 Å². The highest BCUT2D eigenvalue weighted by molar-refractivity contribution is 7.07. The molecule has 20 heavy (non-hydrogen) atoms. The Balaban J connectivity index is 1.88. The Hall–Kier alpha value is -1.56. The summed E-state index contributed by atoms with van der Waals surface area (Å²) in [5.74, 6) is -0.908. The second-order valence-corrected chi connectivity index (χ2v) is 5.99. The molecule has 2 rings (SSSR count). The van der Waals surface area contributed by atoms with E-state index < -0.39 is 12.0 Å². The Kier molecular flexibility index (Phi) is 5.00. The zero-order chi connectivity index (χ0) is 14.5. The number of thiophene rings is 1. The third-order valence-corrected chi connectivity index (χ3v) is 4.45. The summed E-state index contributed by atoms with van der Waals surface area (Å²) in [4.78, 5) is 24.9. The van der Waals surface area contributed by atoms with E-state index in [1.807, 2.05) is 18.4 Å². The molecule has 1 aromatic rings. The molecule has 6 heteroatoms. The van der Waals surface area contributed by atoms with E-state index in [4.69, 9.17) is 0 Å². The zero-order valence-electron chi connectivity index (χ0n) is 11.5.